The highest BCUT2D eigenvalue weighted by molar-refractivity contribution is 9.10. The van der Waals surface area contributed by atoms with Gasteiger partial charge in [-0.1, -0.05) is 15.9 Å². The lowest BCUT2D eigenvalue weighted by atomic mass is 10.2. The maximum Gasteiger partial charge on any atom is 0.234 e. The highest BCUT2D eigenvalue weighted by Gasteiger charge is 2.06. The number of halogens is 1. The summed E-state index contributed by atoms with van der Waals surface area (Å²) < 4.78 is 1.03. The average Bonchev–Trinajstić information content (AvgIpc) is 2.48. The summed E-state index contributed by atoms with van der Waals surface area (Å²) in [4.78, 5) is 24.1. The number of thioether (sulfide) groups is 1. The summed E-state index contributed by atoms with van der Waals surface area (Å²) >= 11 is 4.93. The molecule has 0 saturated carbocycles. The minimum absolute atomic E-state index is 0.0652. The molecule has 2 amide bonds. The first kappa shape index (κ1) is 17.6. The van der Waals surface area contributed by atoms with Crippen molar-refractivity contribution in [1.82, 2.24) is 0 Å². The highest BCUT2D eigenvalue weighted by atomic mass is 79.9. The number of nitrogens with one attached hydrogen (secondary N) is 2. The van der Waals surface area contributed by atoms with Gasteiger partial charge in [-0.2, -0.15) is 0 Å². The number of hydrogen-bond donors (Lipinski definition) is 2. The maximum atomic E-state index is 12.0. The van der Waals surface area contributed by atoms with Gasteiger partial charge in [-0.3, -0.25) is 9.59 Å². The number of carbonyl (C=O) groups is 2. The SMILES string of the molecule is CC(=O)Nc1ccc(NC(=O)CSc2ccc(Br)cc2C)cc1. The second-order valence-corrected chi connectivity index (χ2v) is 6.94. The zero-order valence-electron chi connectivity index (χ0n) is 12.9. The molecule has 0 radical (unpaired) electrons. The smallest absolute Gasteiger partial charge is 0.234 e. The maximum absolute atomic E-state index is 12.0. The third-order valence-electron chi connectivity index (χ3n) is 2.98. The Kier molecular flexibility index (Phi) is 6.24. The van der Waals surface area contributed by atoms with E-state index in [4.69, 9.17) is 0 Å². The van der Waals surface area contributed by atoms with Gasteiger partial charge in [0.05, 0.1) is 5.75 Å². The topological polar surface area (TPSA) is 58.2 Å². The average molecular weight is 393 g/mol. The van der Waals surface area contributed by atoms with Crippen molar-refractivity contribution >= 4 is 50.9 Å². The molecular formula is C17H17BrN2O2S. The van der Waals surface area contributed by atoms with E-state index in [1.54, 1.807) is 24.3 Å². The van der Waals surface area contributed by atoms with Gasteiger partial charge in [0.1, 0.15) is 0 Å². The quantitative estimate of drug-likeness (QED) is 0.739. The van der Waals surface area contributed by atoms with E-state index < -0.39 is 0 Å². The van der Waals surface area contributed by atoms with Crippen LogP contribution in [0.3, 0.4) is 0 Å². The number of carbonyl (C=O) groups excluding carboxylic acids is 2. The number of rotatable bonds is 5. The largest absolute Gasteiger partial charge is 0.326 e. The van der Waals surface area contributed by atoms with Crippen LogP contribution >= 0.6 is 27.7 Å². The fraction of sp³-hybridized carbons (Fsp3) is 0.176. The molecule has 0 heterocycles. The molecule has 0 aliphatic carbocycles. The first-order valence-electron chi connectivity index (χ1n) is 7.00. The van der Waals surface area contributed by atoms with Crippen molar-refractivity contribution in [2.75, 3.05) is 16.4 Å². The Morgan fingerprint density at radius 1 is 1.04 bits per heavy atom. The monoisotopic (exact) mass is 392 g/mol. The summed E-state index contributed by atoms with van der Waals surface area (Å²) in [5.41, 5.74) is 2.55. The van der Waals surface area contributed by atoms with Crippen LogP contribution in [0.2, 0.25) is 0 Å². The molecule has 120 valence electrons. The number of aryl methyl sites for hydroxylation is 1. The van der Waals surface area contributed by atoms with Crippen molar-refractivity contribution in [3.05, 3.63) is 52.5 Å². The Labute approximate surface area is 148 Å². The zero-order chi connectivity index (χ0) is 16.8. The van der Waals surface area contributed by atoms with Crippen molar-refractivity contribution < 1.29 is 9.59 Å². The molecule has 6 heteroatoms. The predicted octanol–water partition coefficient (Wildman–Crippen LogP) is 4.45. The highest BCUT2D eigenvalue weighted by Crippen LogP contribution is 2.25. The van der Waals surface area contributed by atoms with Gasteiger partial charge in [0.2, 0.25) is 11.8 Å². The van der Waals surface area contributed by atoms with Gasteiger partial charge in [-0.25, -0.2) is 0 Å². The molecule has 0 aromatic heterocycles. The molecule has 0 atom stereocenters. The first-order valence-corrected chi connectivity index (χ1v) is 8.78. The molecule has 0 spiro atoms. The molecule has 2 N–H and O–H groups in total. The van der Waals surface area contributed by atoms with Gasteiger partial charge in [0.25, 0.3) is 0 Å². The normalized spacial score (nSPS) is 10.2. The number of anilines is 2. The molecule has 2 aromatic rings. The van der Waals surface area contributed by atoms with Crippen LogP contribution in [0.1, 0.15) is 12.5 Å². The van der Waals surface area contributed by atoms with E-state index in [2.05, 4.69) is 26.6 Å². The third kappa shape index (κ3) is 5.73. The van der Waals surface area contributed by atoms with Gasteiger partial charge in [-0.15, -0.1) is 11.8 Å². The van der Waals surface area contributed by atoms with Crippen LogP contribution < -0.4 is 10.6 Å². The molecule has 0 bridgehead atoms. The second-order valence-electron chi connectivity index (χ2n) is 5.01. The van der Waals surface area contributed by atoms with E-state index in [0.717, 1.165) is 14.9 Å². The van der Waals surface area contributed by atoms with Crippen LogP contribution in [0, 0.1) is 6.92 Å². The van der Waals surface area contributed by atoms with Crippen LogP contribution in [-0.2, 0) is 9.59 Å². The van der Waals surface area contributed by atoms with Crippen LogP contribution in [0.25, 0.3) is 0 Å². The fourth-order valence-corrected chi connectivity index (χ4v) is 3.24. The molecule has 4 nitrogen and oxygen atoms in total. The Bertz CT molecular complexity index is 717. The van der Waals surface area contributed by atoms with Crippen molar-refractivity contribution in [3.63, 3.8) is 0 Å². The Morgan fingerprint density at radius 2 is 1.65 bits per heavy atom. The Morgan fingerprint density at radius 3 is 2.22 bits per heavy atom. The van der Waals surface area contributed by atoms with Gasteiger partial charge in [0.15, 0.2) is 0 Å². The summed E-state index contributed by atoms with van der Waals surface area (Å²) in [7, 11) is 0. The number of amides is 2. The van der Waals surface area contributed by atoms with E-state index >= 15 is 0 Å². The zero-order valence-corrected chi connectivity index (χ0v) is 15.3. The standard InChI is InChI=1S/C17H17BrN2O2S/c1-11-9-13(18)3-8-16(11)23-10-17(22)20-15-6-4-14(5-7-15)19-12(2)21/h3-9H,10H2,1-2H3,(H,19,21)(H,20,22). The van der Waals surface area contributed by atoms with E-state index in [1.165, 1.54) is 18.7 Å². The Balaban J connectivity index is 1.88. The van der Waals surface area contributed by atoms with Crippen LogP contribution in [-0.4, -0.2) is 17.6 Å². The fourth-order valence-electron chi connectivity index (χ4n) is 1.96. The van der Waals surface area contributed by atoms with Gasteiger partial charge < -0.3 is 10.6 Å². The minimum Gasteiger partial charge on any atom is -0.326 e. The van der Waals surface area contributed by atoms with E-state index in [0.29, 0.717) is 17.1 Å². The summed E-state index contributed by atoms with van der Waals surface area (Å²) in [6.45, 7) is 3.47. The molecule has 2 aromatic carbocycles. The third-order valence-corrected chi connectivity index (χ3v) is 4.65. The molecule has 0 unspecified atom stereocenters. The number of benzene rings is 2. The van der Waals surface area contributed by atoms with E-state index in [1.807, 2.05) is 25.1 Å². The Hall–Kier alpha value is -1.79. The summed E-state index contributed by atoms with van der Waals surface area (Å²) in [5.74, 6) is 0.156. The van der Waals surface area contributed by atoms with Crippen LogP contribution in [0.5, 0.6) is 0 Å². The van der Waals surface area contributed by atoms with Crippen molar-refractivity contribution in [1.29, 1.82) is 0 Å². The summed E-state index contributed by atoms with van der Waals surface area (Å²) in [6.07, 6.45) is 0. The van der Waals surface area contributed by atoms with Crippen molar-refractivity contribution in [2.24, 2.45) is 0 Å². The molecule has 2 rings (SSSR count). The first-order chi connectivity index (χ1) is 10.9. The summed E-state index contributed by atoms with van der Waals surface area (Å²) in [5, 5.41) is 5.52. The second kappa shape index (κ2) is 8.17. The molecule has 0 aliphatic heterocycles. The van der Waals surface area contributed by atoms with E-state index in [-0.39, 0.29) is 11.8 Å². The van der Waals surface area contributed by atoms with Gasteiger partial charge >= 0.3 is 0 Å². The van der Waals surface area contributed by atoms with Gasteiger partial charge in [0, 0.05) is 27.7 Å². The van der Waals surface area contributed by atoms with Crippen LogP contribution in [0.4, 0.5) is 11.4 Å². The summed E-state index contributed by atoms with van der Waals surface area (Å²) in [6, 6.07) is 13.0. The lowest BCUT2D eigenvalue weighted by molar-refractivity contribution is -0.114. The minimum atomic E-state index is -0.122. The molecular weight excluding hydrogens is 376 g/mol. The molecule has 0 saturated heterocycles. The lowest BCUT2D eigenvalue weighted by Gasteiger charge is -2.08. The predicted molar refractivity (Wildman–Crippen MR) is 99.0 cm³/mol. The number of hydrogen-bond acceptors (Lipinski definition) is 3. The van der Waals surface area contributed by atoms with Gasteiger partial charge in [-0.05, 0) is 55.0 Å². The van der Waals surface area contributed by atoms with Crippen molar-refractivity contribution in [3.8, 4) is 0 Å². The van der Waals surface area contributed by atoms with Crippen LogP contribution in [0.15, 0.2) is 51.8 Å². The van der Waals surface area contributed by atoms with E-state index in [9.17, 15) is 9.59 Å². The molecule has 0 fully saturated rings. The molecule has 23 heavy (non-hydrogen) atoms. The lowest BCUT2D eigenvalue weighted by Crippen LogP contribution is -2.14. The molecule has 0 aliphatic rings. The van der Waals surface area contributed by atoms with Crippen molar-refractivity contribution in [2.45, 2.75) is 18.7 Å².